The molecule has 0 bridgehead atoms. The Morgan fingerprint density at radius 1 is 1.53 bits per heavy atom. The van der Waals surface area contributed by atoms with Crippen molar-refractivity contribution in [2.24, 2.45) is 0 Å². The molecule has 90 valence electrons. The van der Waals surface area contributed by atoms with Crippen molar-refractivity contribution in [1.29, 1.82) is 5.26 Å². The molecular weight excluding hydrogens is 223 g/mol. The number of carbonyl (C=O) groups is 1. The topological polar surface area (TPSA) is 62.1 Å². The number of esters is 1. The third-order valence-electron chi connectivity index (χ3n) is 1.99. The summed E-state index contributed by atoms with van der Waals surface area (Å²) in [6.45, 7) is 2.42. The molecule has 0 heterocycles. The van der Waals surface area contributed by atoms with E-state index in [-0.39, 0.29) is 18.0 Å². The van der Waals surface area contributed by atoms with E-state index in [4.69, 9.17) is 10.00 Å². The molecule has 1 N–H and O–H groups in total. The van der Waals surface area contributed by atoms with Gasteiger partial charge in [-0.25, -0.2) is 4.39 Å². The van der Waals surface area contributed by atoms with Crippen molar-refractivity contribution in [1.82, 2.24) is 0 Å². The molecule has 1 aromatic carbocycles. The van der Waals surface area contributed by atoms with Crippen LogP contribution in [0.1, 0.15) is 18.9 Å². The number of halogens is 1. The van der Waals surface area contributed by atoms with Crippen molar-refractivity contribution in [3.8, 4) is 6.07 Å². The normalized spacial score (nSPS) is 9.47. The van der Waals surface area contributed by atoms with Gasteiger partial charge in [0.1, 0.15) is 5.82 Å². The number of benzene rings is 1. The minimum absolute atomic E-state index is 0.201. The van der Waals surface area contributed by atoms with E-state index in [1.165, 1.54) is 12.1 Å². The number of rotatable bonds is 5. The Balaban J connectivity index is 2.50. The molecule has 0 fully saturated rings. The Morgan fingerprint density at radius 3 is 2.94 bits per heavy atom. The van der Waals surface area contributed by atoms with Gasteiger partial charge in [0.15, 0.2) is 0 Å². The number of hydrogen-bond acceptors (Lipinski definition) is 4. The highest BCUT2D eigenvalue weighted by molar-refractivity contribution is 5.70. The minimum Gasteiger partial charge on any atom is -0.466 e. The minimum atomic E-state index is -0.484. The molecule has 0 atom stereocenters. The van der Waals surface area contributed by atoms with Crippen LogP contribution in [0.2, 0.25) is 0 Å². The zero-order valence-corrected chi connectivity index (χ0v) is 9.50. The first kappa shape index (κ1) is 13.0. The molecular formula is C12H13FN2O2. The second-order valence-electron chi connectivity index (χ2n) is 3.32. The standard InChI is InChI=1S/C12H13FN2O2/c1-2-17-12(16)3-4-15-11-6-9(8-14)5-10(13)7-11/h5-7,15H,2-4H2,1H3. The summed E-state index contributed by atoms with van der Waals surface area (Å²) in [4.78, 5) is 11.0. The number of hydrogen-bond donors (Lipinski definition) is 1. The molecule has 0 aliphatic rings. The van der Waals surface area contributed by atoms with Crippen LogP contribution in [-0.2, 0) is 9.53 Å². The maximum atomic E-state index is 13.0. The predicted molar refractivity (Wildman–Crippen MR) is 60.9 cm³/mol. The number of carbonyl (C=O) groups excluding carboxylic acids is 1. The van der Waals surface area contributed by atoms with Crippen LogP contribution in [-0.4, -0.2) is 19.1 Å². The summed E-state index contributed by atoms with van der Waals surface area (Å²) in [5, 5.41) is 11.5. The number of anilines is 1. The quantitative estimate of drug-likeness (QED) is 0.795. The molecule has 0 aromatic heterocycles. The smallest absolute Gasteiger partial charge is 0.307 e. The van der Waals surface area contributed by atoms with Gasteiger partial charge in [-0.05, 0) is 25.1 Å². The number of nitrogens with one attached hydrogen (secondary N) is 1. The highest BCUT2D eigenvalue weighted by Crippen LogP contribution is 2.13. The molecule has 17 heavy (non-hydrogen) atoms. The highest BCUT2D eigenvalue weighted by atomic mass is 19.1. The molecule has 0 saturated carbocycles. The van der Waals surface area contributed by atoms with Gasteiger partial charge in [0.25, 0.3) is 0 Å². The second kappa shape index (κ2) is 6.48. The van der Waals surface area contributed by atoms with Crippen LogP contribution in [0.4, 0.5) is 10.1 Å². The van der Waals surface area contributed by atoms with Crippen LogP contribution in [0, 0.1) is 17.1 Å². The Hall–Kier alpha value is -2.09. The van der Waals surface area contributed by atoms with E-state index in [0.717, 1.165) is 6.07 Å². The van der Waals surface area contributed by atoms with Crippen LogP contribution in [0.25, 0.3) is 0 Å². The fourth-order valence-corrected chi connectivity index (χ4v) is 1.30. The SMILES string of the molecule is CCOC(=O)CCNc1cc(F)cc(C#N)c1. The maximum absolute atomic E-state index is 13.0. The lowest BCUT2D eigenvalue weighted by molar-refractivity contribution is -0.142. The fourth-order valence-electron chi connectivity index (χ4n) is 1.30. The number of nitriles is 1. The van der Waals surface area contributed by atoms with Crippen LogP contribution >= 0.6 is 0 Å². The van der Waals surface area contributed by atoms with Crippen LogP contribution in [0.3, 0.4) is 0 Å². The van der Waals surface area contributed by atoms with Crippen molar-refractivity contribution < 1.29 is 13.9 Å². The van der Waals surface area contributed by atoms with Crippen LogP contribution in [0.5, 0.6) is 0 Å². The summed E-state index contributed by atoms with van der Waals surface area (Å²) < 4.78 is 17.8. The summed E-state index contributed by atoms with van der Waals surface area (Å²) >= 11 is 0. The van der Waals surface area contributed by atoms with E-state index < -0.39 is 5.82 Å². The lowest BCUT2D eigenvalue weighted by atomic mass is 10.2. The third-order valence-corrected chi connectivity index (χ3v) is 1.99. The van der Waals surface area contributed by atoms with Gasteiger partial charge in [0.2, 0.25) is 0 Å². The maximum Gasteiger partial charge on any atom is 0.307 e. The van der Waals surface area contributed by atoms with E-state index >= 15 is 0 Å². The second-order valence-corrected chi connectivity index (χ2v) is 3.32. The largest absolute Gasteiger partial charge is 0.466 e. The van der Waals surface area contributed by atoms with Crippen molar-refractivity contribution in [2.75, 3.05) is 18.5 Å². The average Bonchev–Trinajstić information content (AvgIpc) is 2.28. The Morgan fingerprint density at radius 2 is 2.29 bits per heavy atom. The summed E-state index contributed by atoms with van der Waals surface area (Å²) in [6, 6.07) is 5.80. The van der Waals surface area contributed by atoms with Gasteiger partial charge in [-0.2, -0.15) is 5.26 Å². The lowest BCUT2D eigenvalue weighted by Gasteiger charge is -2.06. The molecule has 0 aliphatic heterocycles. The molecule has 0 saturated heterocycles. The number of nitrogens with zero attached hydrogens (tertiary/aromatic N) is 1. The predicted octanol–water partition coefficient (Wildman–Crippen LogP) is 2.06. The molecule has 0 aliphatic carbocycles. The van der Waals surface area contributed by atoms with Crippen LogP contribution < -0.4 is 5.32 Å². The molecule has 0 spiro atoms. The van der Waals surface area contributed by atoms with Gasteiger partial charge in [-0.15, -0.1) is 0 Å². The molecule has 4 nitrogen and oxygen atoms in total. The van der Waals surface area contributed by atoms with Crippen molar-refractivity contribution in [3.63, 3.8) is 0 Å². The molecule has 0 amide bonds. The average molecular weight is 236 g/mol. The van der Waals surface area contributed by atoms with Gasteiger partial charge >= 0.3 is 5.97 Å². The van der Waals surface area contributed by atoms with Gasteiger partial charge in [-0.3, -0.25) is 4.79 Å². The number of ether oxygens (including phenoxy) is 1. The molecule has 0 unspecified atom stereocenters. The van der Waals surface area contributed by atoms with Gasteiger partial charge < -0.3 is 10.1 Å². The van der Waals surface area contributed by atoms with E-state index in [0.29, 0.717) is 18.8 Å². The zero-order chi connectivity index (χ0) is 12.7. The molecule has 1 aromatic rings. The Kier molecular flexibility index (Phi) is 4.95. The summed E-state index contributed by atoms with van der Waals surface area (Å²) in [5.74, 6) is -0.792. The van der Waals surface area contributed by atoms with E-state index in [1.807, 2.05) is 6.07 Å². The third kappa shape index (κ3) is 4.51. The fraction of sp³-hybridized carbons (Fsp3) is 0.333. The molecule has 5 heteroatoms. The molecule has 0 radical (unpaired) electrons. The van der Waals surface area contributed by atoms with Crippen molar-refractivity contribution in [3.05, 3.63) is 29.6 Å². The van der Waals surface area contributed by atoms with E-state index in [2.05, 4.69) is 5.32 Å². The summed E-state index contributed by atoms with van der Waals surface area (Å²) in [5.41, 5.74) is 0.717. The van der Waals surface area contributed by atoms with Gasteiger partial charge in [-0.1, -0.05) is 0 Å². The first-order chi connectivity index (χ1) is 8.15. The summed E-state index contributed by atoms with van der Waals surface area (Å²) in [6.07, 6.45) is 0.201. The highest BCUT2D eigenvalue weighted by Gasteiger charge is 2.03. The van der Waals surface area contributed by atoms with Gasteiger partial charge in [0, 0.05) is 12.2 Å². The Bertz CT molecular complexity index is 441. The zero-order valence-electron chi connectivity index (χ0n) is 9.50. The van der Waals surface area contributed by atoms with E-state index in [9.17, 15) is 9.18 Å². The first-order valence-corrected chi connectivity index (χ1v) is 5.26. The van der Waals surface area contributed by atoms with E-state index in [1.54, 1.807) is 6.92 Å². The lowest BCUT2D eigenvalue weighted by Crippen LogP contribution is -2.11. The molecule has 1 rings (SSSR count). The Labute approximate surface area is 99.0 Å². The van der Waals surface area contributed by atoms with Crippen molar-refractivity contribution >= 4 is 11.7 Å². The van der Waals surface area contributed by atoms with Gasteiger partial charge in [0.05, 0.1) is 24.7 Å². The van der Waals surface area contributed by atoms with Crippen LogP contribution in [0.15, 0.2) is 18.2 Å². The first-order valence-electron chi connectivity index (χ1n) is 5.26. The summed E-state index contributed by atoms with van der Waals surface area (Å²) in [7, 11) is 0. The van der Waals surface area contributed by atoms with Crippen molar-refractivity contribution in [2.45, 2.75) is 13.3 Å². The monoisotopic (exact) mass is 236 g/mol.